The van der Waals surface area contributed by atoms with Gasteiger partial charge in [-0.3, -0.25) is 0 Å². The standard InChI is InChI=1S/C15H34O4Si3/c1-10-21(16-6,17-7)13(4)15(12(3)20)14(5)22(11-2,18-8)19-9/h12,15H,4-5,10-11H2,1-3,6-9,20H3. The van der Waals surface area contributed by atoms with E-state index in [9.17, 15) is 0 Å². The van der Waals surface area contributed by atoms with Gasteiger partial charge in [-0.2, -0.15) is 0 Å². The van der Waals surface area contributed by atoms with Crippen LogP contribution in [0.2, 0.25) is 17.6 Å². The third-order valence-electron chi connectivity index (χ3n) is 4.65. The Labute approximate surface area is 141 Å². The minimum Gasteiger partial charge on any atom is -0.395 e. The zero-order valence-electron chi connectivity index (χ0n) is 15.6. The quantitative estimate of drug-likeness (QED) is 0.529. The van der Waals surface area contributed by atoms with Crippen LogP contribution in [-0.4, -0.2) is 55.8 Å². The Bertz CT molecular complexity index is 328. The summed E-state index contributed by atoms with van der Waals surface area (Å²) >= 11 is 0. The van der Waals surface area contributed by atoms with Crippen molar-refractivity contribution >= 4 is 27.4 Å². The normalized spacial score (nSPS) is 14.4. The highest BCUT2D eigenvalue weighted by atomic mass is 28.4. The molecule has 0 N–H and O–H groups in total. The van der Waals surface area contributed by atoms with Crippen LogP contribution < -0.4 is 0 Å². The summed E-state index contributed by atoms with van der Waals surface area (Å²) in [5.41, 5.74) is 0.465. The van der Waals surface area contributed by atoms with Crippen molar-refractivity contribution in [3.63, 3.8) is 0 Å². The van der Waals surface area contributed by atoms with Crippen LogP contribution in [0, 0.1) is 5.92 Å². The molecular weight excluding hydrogens is 328 g/mol. The molecule has 0 aromatic carbocycles. The fourth-order valence-corrected chi connectivity index (χ4v) is 10.2. The van der Waals surface area contributed by atoms with Crippen LogP contribution in [0.15, 0.2) is 23.6 Å². The lowest BCUT2D eigenvalue weighted by atomic mass is 10.1. The molecule has 0 aliphatic heterocycles. The van der Waals surface area contributed by atoms with Gasteiger partial charge in [0.15, 0.2) is 0 Å². The molecule has 0 aliphatic carbocycles. The topological polar surface area (TPSA) is 36.9 Å². The largest absolute Gasteiger partial charge is 0.395 e. The lowest BCUT2D eigenvalue weighted by molar-refractivity contribution is 0.243. The Morgan fingerprint density at radius 1 is 0.864 bits per heavy atom. The van der Waals surface area contributed by atoms with Crippen LogP contribution in [0.25, 0.3) is 0 Å². The molecular formula is C15H34O4Si3. The summed E-state index contributed by atoms with van der Waals surface area (Å²) in [6, 6.07) is 1.66. The van der Waals surface area contributed by atoms with Gasteiger partial charge < -0.3 is 17.7 Å². The summed E-state index contributed by atoms with van der Waals surface area (Å²) in [5, 5.41) is 2.10. The number of hydrogen-bond acceptors (Lipinski definition) is 4. The zero-order valence-corrected chi connectivity index (χ0v) is 19.6. The Kier molecular flexibility index (Phi) is 9.30. The molecule has 1 atom stereocenters. The first-order valence-electron chi connectivity index (χ1n) is 7.84. The predicted molar refractivity (Wildman–Crippen MR) is 102 cm³/mol. The minimum absolute atomic E-state index is 0.129. The maximum absolute atomic E-state index is 5.82. The first kappa shape index (κ1) is 22.0. The van der Waals surface area contributed by atoms with E-state index in [4.69, 9.17) is 17.7 Å². The summed E-state index contributed by atoms with van der Waals surface area (Å²) in [5.74, 6) is 0.129. The van der Waals surface area contributed by atoms with E-state index in [-0.39, 0.29) is 5.92 Å². The molecule has 0 aromatic rings. The second kappa shape index (κ2) is 9.31. The van der Waals surface area contributed by atoms with Gasteiger partial charge in [0.25, 0.3) is 0 Å². The van der Waals surface area contributed by atoms with E-state index >= 15 is 0 Å². The van der Waals surface area contributed by atoms with E-state index < -0.39 is 17.1 Å². The third-order valence-corrected chi connectivity index (χ3v) is 12.4. The number of rotatable bonds is 11. The van der Waals surface area contributed by atoms with Crippen LogP contribution >= 0.6 is 0 Å². The van der Waals surface area contributed by atoms with Crippen molar-refractivity contribution in [2.75, 3.05) is 28.4 Å². The maximum Gasteiger partial charge on any atom is 0.367 e. The van der Waals surface area contributed by atoms with Crippen LogP contribution in [0.5, 0.6) is 0 Å². The van der Waals surface area contributed by atoms with Crippen molar-refractivity contribution in [3.05, 3.63) is 23.6 Å². The summed E-state index contributed by atoms with van der Waals surface area (Å²) in [7, 11) is 3.02. The monoisotopic (exact) mass is 362 g/mol. The predicted octanol–water partition coefficient (Wildman–Crippen LogP) is 2.48. The van der Waals surface area contributed by atoms with Gasteiger partial charge >= 0.3 is 17.1 Å². The molecule has 4 nitrogen and oxygen atoms in total. The highest BCUT2D eigenvalue weighted by Crippen LogP contribution is 2.40. The highest BCUT2D eigenvalue weighted by molar-refractivity contribution is 6.77. The minimum atomic E-state index is -2.45. The molecule has 0 bridgehead atoms. The van der Waals surface area contributed by atoms with E-state index in [1.54, 1.807) is 28.4 Å². The van der Waals surface area contributed by atoms with E-state index in [0.717, 1.165) is 32.7 Å². The van der Waals surface area contributed by atoms with Gasteiger partial charge in [-0.25, -0.2) is 0 Å². The second-order valence-corrected chi connectivity index (χ2v) is 15.0. The number of allylic oxidation sites excluding steroid dienone is 2. The molecule has 0 spiro atoms. The molecule has 22 heavy (non-hydrogen) atoms. The zero-order chi connectivity index (χ0) is 17.6. The van der Waals surface area contributed by atoms with Crippen molar-refractivity contribution in [2.24, 2.45) is 5.92 Å². The van der Waals surface area contributed by atoms with Crippen LogP contribution in [0.3, 0.4) is 0 Å². The van der Waals surface area contributed by atoms with Crippen LogP contribution in [0.4, 0.5) is 0 Å². The summed E-state index contributed by atoms with van der Waals surface area (Å²) in [6.07, 6.45) is 0. The fraction of sp³-hybridized carbons (Fsp3) is 0.733. The van der Waals surface area contributed by atoms with Gasteiger partial charge in [0.05, 0.1) is 0 Å². The lowest BCUT2D eigenvalue weighted by Crippen LogP contribution is -2.50. The Balaban J connectivity index is 5.84. The molecule has 0 aliphatic rings. The molecule has 0 radical (unpaired) electrons. The van der Waals surface area contributed by atoms with Gasteiger partial charge in [-0.1, -0.05) is 33.9 Å². The van der Waals surface area contributed by atoms with Crippen molar-refractivity contribution in [1.82, 2.24) is 0 Å². The SMILES string of the molecule is C=C(C(C(=C)[Si](CC)(OC)OC)C(C)[SiH3])[Si](CC)(OC)OC. The molecule has 0 amide bonds. The lowest BCUT2D eigenvalue weighted by Gasteiger charge is -2.40. The van der Waals surface area contributed by atoms with Crippen molar-refractivity contribution < 1.29 is 17.7 Å². The molecule has 7 heteroatoms. The molecule has 0 heterocycles. The molecule has 0 aromatic heterocycles. The van der Waals surface area contributed by atoms with Crippen molar-refractivity contribution in [2.45, 2.75) is 38.4 Å². The van der Waals surface area contributed by atoms with Gasteiger partial charge in [-0.15, -0.1) is 0 Å². The van der Waals surface area contributed by atoms with Crippen LogP contribution in [0.1, 0.15) is 20.8 Å². The average Bonchev–Trinajstić information content (AvgIpc) is 2.52. The Morgan fingerprint density at radius 2 is 1.14 bits per heavy atom. The van der Waals surface area contributed by atoms with Gasteiger partial charge in [0.1, 0.15) is 0 Å². The second-order valence-electron chi connectivity index (χ2n) is 5.80. The van der Waals surface area contributed by atoms with Crippen molar-refractivity contribution in [3.8, 4) is 0 Å². The molecule has 130 valence electrons. The maximum atomic E-state index is 5.82. The van der Waals surface area contributed by atoms with E-state index in [0.29, 0.717) is 5.54 Å². The van der Waals surface area contributed by atoms with Crippen LogP contribution in [-0.2, 0) is 17.7 Å². The molecule has 0 saturated heterocycles. The fourth-order valence-electron chi connectivity index (χ4n) is 3.21. The van der Waals surface area contributed by atoms with E-state index in [1.165, 1.54) is 0 Å². The highest BCUT2D eigenvalue weighted by Gasteiger charge is 2.48. The molecule has 1 unspecified atom stereocenters. The first-order chi connectivity index (χ1) is 10.3. The number of hydrogen-bond donors (Lipinski definition) is 0. The molecule has 0 saturated carbocycles. The smallest absolute Gasteiger partial charge is 0.367 e. The van der Waals surface area contributed by atoms with Crippen molar-refractivity contribution in [1.29, 1.82) is 0 Å². The van der Waals surface area contributed by atoms with Gasteiger partial charge in [0, 0.05) is 44.6 Å². The molecule has 0 fully saturated rings. The van der Waals surface area contributed by atoms with Gasteiger partial charge in [-0.05, 0) is 28.0 Å². The third kappa shape index (κ3) is 4.08. The molecule has 0 rings (SSSR count). The average molecular weight is 363 g/mol. The Morgan fingerprint density at radius 3 is 1.27 bits per heavy atom. The summed E-state index contributed by atoms with van der Waals surface area (Å²) in [6.45, 7) is 15.2. The van der Waals surface area contributed by atoms with E-state index in [1.807, 2.05) is 0 Å². The van der Waals surface area contributed by atoms with Gasteiger partial charge in [0.2, 0.25) is 0 Å². The summed E-state index contributed by atoms with van der Waals surface area (Å²) < 4.78 is 23.3. The first-order valence-corrected chi connectivity index (χ1v) is 13.0. The summed E-state index contributed by atoms with van der Waals surface area (Å²) in [4.78, 5) is 0. The Hall–Kier alpha value is -0.0294. The van der Waals surface area contributed by atoms with E-state index in [2.05, 4.69) is 33.9 Å².